The van der Waals surface area contributed by atoms with Gasteiger partial charge in [-0.05, 0) is 6.42 Å². The topological polar surface area (TPSA) is 128 Å². The van der Waals surface area contributed by atoms with Gasteiger partial charge in [0.2, 0.25) is 16.0 Å². The Hall–Kier alpha value is -2.51. The normalized spacial score (nSPS) is 22.0. The molecule has 2 aromatic heterocycles. The molecular formula is C14H17N7O2S. The van der Waals surface area contributed by atoms with E-state index in [2.05, 4.69) is 25.3 Å². The summed E-state index contributed by atoms with van der Waals surface area (Å²) >= 11 is 0. The van der Waals surface area contributed by atoms with Crippen LogP contribution in [-0.2, 0) is 10.0 Å². The van der Waals surface area contributed by atoms with E-state index >= 15 is 0 Å². The largest absolute Gasteiger partial charge is 0.351 e. The number of imidazole rings is 1. The van der Waals surface area contributed by atoms with Crippen LogP contribution in [0, 0.1) is 11.3 Å². The number of nitriles is 1. The maximum atomic E-state index is 11.9. The van der Waals surface area contributed by atoms with Crippen molar-refractivity contribution < 1.29 is 8.42 Å². The predicted octanol–water partition coefficient (Wildman–Crippen LogP) is 0.301. The van der Waals surface area contributed by atoms with Crippen molar-refractivity contribution in [2.24, 2.45) is 0 Å². The van der Waals surface area contributed by atoms with Gasteiger partial charge in [-0.25, -0.2) is 27.7 Å². The summed E-state index contributed by atoms with van der Waals surface area (Å²) in [4.78, 5) is 15.3. The fourth-order valence-electron chi connectivity index (χ4n) is 2.81. The van der Waals surface area contributed by atoms with Crippen LogP contribution in [0.1, 0.15) is 23.6 Å². The highest BCUT2D eigenvalue weighted by Gasteiger charge is 2.35. The average Bonchev–Trinajstić information content (AvgIpc) is 3.09. The number of rotatable bonds is 4. The summed E-state index contributed by atoms with van der Waals surface area (Å²) < 4.78 is 25.2. The molecule has 2 unspecified atom stereocenters. The van der Waals surface area contributed by atoms with Crippen LogP contribution in [0.25, 0.3) is 0 Å². The second-order valence-corrected chi connectivity index (χ2v) is 7.66. The number of nitrogens with one attached hydrogen (secondary N) is 2. The minimum atomic E-state index is -3.25. The Morgan fingerprint density at radius 1 is 1.38 bits per heavy atom. The molecule has 0 amide bonds. The van der Waals surface area contributed by atoms with Crippen molar-refractivity contribution in [3.63, 3.8) is 0 Å². The van der Waals surface area contributed by atoms with Crippen LogP contribution in [0.4, 0.5) is 5.95 Å². The van der Waals surface area contributed by atoms with E-state index in [0.29, 0.717) is 31.0 Å². The number of sulfonamides is 1. The molecule has 1 fully saturated rings. The molecule has 1 aliphatic rings. The van der Waals surface area contributed by atoms with Crippen molar-refractivity contribution in [3.05, 3.63) is 36.2 Å². The summed E-state index contributed by atoms with van der Waals surface area (Å²) in [7, 11) is -3.25. The SMILES string of the molecule is CS(=O)(=O)N1CCC(Nc2ncc(C#N)cn2)C(c2cnc[nH]2)C1. The van der Waals surface area contributed by atoms with E-state index in [4.69, 9.17) is 5.26 Å². The third kappa shape index (κ3) is 3.52. The summed E-state index contributed by atoms with van der Waals surface area (Å²) in [5, 5.41) is 12.0. The van der Waals surface area contributed by atoms with E-state index in [-0.39, 0.29) is 12.0 Å². The maximum absolute atomic E-state index is 11.9. The third-order valence-corrected chi connectivity index (χ3v) is 5.33. The first-order valence-electron chi connectivity index (χ1n) is 7.39. The maximum Gasteiger partial charge on any atom is 0.222 e. The van der Waals surface area contributed by atoms with Gasteiger partial charge < -0.3 is 10.3 Å². The van der Waals surface area contributed by atoms with Crippen LogP contribution in [0.5, 0.6) is 0 Å². The van der Waals surface area contributed by atoms with Crippen LogP contribution in [0.2, 0.25) is 0 Å². The lowest BCUT2D eigenvalue weighted by Crippen LogP contribution is -2.47. The molecule has 0 saturated carbocycles. The van der Waals surface area contributed by atoms with Gasteiger partial charge in [0.15, 0.2) is 0 Å². The number of aromatic amines is 1. The molecule has 3 heterocycles. The molecule has 0 spiro atoms. The number of hydrogen-bond acceptors (Lipinski definition) is 7. The molecule has 24 heavy (non-hydrogen) atoms. The van der Waals surface area contributed by atoms with E-state index in [1.165, 1.54) is 23.0 Å². The fraction of sp³-hybridized carbons (Fsp3) is 0.429. The summed E-state index contributed by atoms with van der Waals surface area (Å²) in [6, 6.07) is 1.93. The van der Waals surface area contributed by atoms with Crippen molar-refractivity contribution in [3.8, 4) is 6.07 Å². The molecule has 2 N–H and O–H groups in total. The third-order valence-electron chi connectivity index (χ3n) is 4.06. The quantitative estimate of drug-likeness (QED) is 0.814. The predicted molar refractivity (Wildman–Crippen MR) is 86.5 cm³/mol. The lowest BCUT2D eigenvalue weighted by Gasteiger charge is -2.37. The highest BCUT2D eigenvalue weighted by molar-refractivity contribution is 7.88. The van der Waals surface area contributed by atoms with Crippen LogP contribution in [-0.4, -0.2) is 58.0 Å². The zero-order valence-electron chi connectivity index (χ0n) is 13.0. The van der Waals surface area contributed by atoms with Gasteiger partial charge in [-0.1, -0.05) is 0 Å². The second-order valence-electron chi connectivity index (χ2n) is 5.68. The molecule has 10 heteroatoms. The Labute approximate surface area is 139 Å². The number of nitrogens with zero attached hydrogens (tertiary/aromatic N) is 5. The molecule has 3 rings (SSSR count). The molecule has 0 aromatic carbocycles. The number of piperidine rings is 1. The molecule has 0 bridgehead atoms. The zero-order chi connectivity index (χ0) is 17.2. The van der Waals surface area contributed by atoms with E-state index < -0.39 is 10.0 Å². The van der Waals surface area contributed by atoms with Crippen LogP contribution >= 0.6 is 0 Å². The molecule has 2 atom stereocenters. The molecular weight excluding hydrogens is 330 g/mol. The number of anilines is 1. The first-order valence-corrected chi connectivity index (χ1v) is 9.24. The highest BCUT2D eigenvalue weighted by atomic mass is 32.2. The standard InChI is InChI=1S/C14H17N7O2S/c1-24(22,23)21-3-2-12(11(8-21)13-7-16-9-19-13)20-14-17-5-10(4-15)6-18-14/h5-7,9,11-12H,2-3,8H2,1H3,(H,16,19)(H,17,18,20). The molecule has 9 nitrogen and oxygen atoms in total. The van der Waals surface area contributed by atoms with E-state index in [9.17, 15) is 8.42 Å². The zero-order valence-corrected chi connectivity index (χ0v) is 13.9. The van der Waals surface area contributed by atoms with Gasteiger partial charge in [-0.2, -0.15) is 5.26 Å². The lowest BCUT2D eigenvalue weighted by atomic mass is 9.91. The number of aromatic nitrogens is 4. The van der Waals surface area contributed by atoms with Crippen molar-refractivity contribution in [2.75, 3.05) is 24.7 Å². The Morgan fingerprint density at radius 3 is 2.71 bits per heavy atom. The Balaban J connectivity index is 1.81. The molecule has 2 aromatic rings. The number of hydrogen-bond donors (Lipinski definition) is 2. The summed E-state index contributed by atoms with van der Waals surface area (Å²) in [6.45, 7) is 0.784. The van der Waals surface area contributed by atoms with Gasteiger partial charge in [0.05, 0.1) is 30.5 Å². The summed E-state index contributed by atoms with van der Waals surface area (Å²) in [5.41, 5.74) is 1.24. The first kappa shape index (κ1) is 16.4. The van der Waals surface area contributed by atoms with Gasteiger partial charge in [-0.3, -0.25) is 0 Å². The van der Waals surface area contributed by atoms with Crippen molar-refractivity contribution >= 4 is 16.0 Å². The highest BCUT2D eigenvalue weighted by Crippen LogP contribution is 2.29. The molecule has 1 aliphatic heterocycles. The van der Waals surface area contributed by atoms with Crippen molar-refractivity contribution in [1.82, 2.24) is 24.2 Å². The summed E-state index contributed by atoms with van der Waals surface area (Å²) in [6.07, 6.45) is 8.00. The van der Waals surface area contributed by atoms with Crippen molar-refractivity contribution in [1.29, 1.82) is 5.26 Å². The Bertz CT molecular complexity index is 827. The summed E-state index contributed by atoms with van der Waals surface area (Å²) in [5.74, 6) is 0.312. The van der Waals surface area contributed by atoms with Crippen LogP contribution in [0.15, 0.2) is 24.9 Å². The Kier molecular flexibility index (Phi) is 4.46. The van der Waals surface area contributed by atoms with E-state index in [1.807, 2.05) is 6.07 Å². The molecule has 126 valence electrons. The minimum Gasteiger partial charge on any atom is -0.351 e. The monoisotopic (exact) mass is 347 g/mol. The lowest BCUT2D eigenvalue weighted by molar-refractivity contribution is 0.295. The van der Waals surface area contributed by atoms with Gasteiger partial charge in [0.1, 0.15) is 6.07 Å². The smallest absolute Gasteiger partial charge is 0.222 e. The fourth-order valence-corrected chi connectivity index (χ4v) is 3.68. The second kappa shape index (κ2) is 6.54. The van der Waals surface area contributed by atoms with Gasteiger partial charge in [-0.15, -0.1) is 0 Å². The molecule has 0 aliphatic carbocycles. The van der Waals surface area contributed by atoms with E-state index in [1.54, 1.807) is 12.5 Å². The van der Waals surface area contributed by atoms with E-state index in [0.717, 1.165) is 5.69 Å². The average molecular weight is 347 g/mol. The van der Waals surface area contributed by atoms with Crippen LogP contribution in [0.3, 0.4) is 0 Å². The number of H-pyrrole nitrogens is 1. The Morgan fingerprint density at radius 2 is 2.12 bits per heavy atom. The van der Waals surface area contributed by atoms with Gasteiger partial charge in [0.25, 0.3) is 0 Å². The molecule has 0 radical (unpaired) electrons. The minimum absolute atomic E-state index is 0.0450. The van der Waals surface area contributed by atoms with Gasteiger partial charge in [0, 0.05) is 36.9 Å². The van der Waals surface area contributed by atoms with Gasteiger partial charge >= 0.3 is 0 Å². The van der Waals surface area contributed by atoms with Crippen LogP contribution < -0.4 is 5.32 Å². The first-order chi connectivity index (χ1) is 11.5. The molecule has 1 saturated heterocycles. The van der Waals surface area contributed by atoms with Crippen molar-refractivity contribution in [2.45, 2.75) is 18.4 Å².